The van der Waals surface area contributed by atoms with Gasteiger partial charge < -0.3 is 10.1 Å². The largest absolute Gasteiger partial charge is 0.456 e. The molecule has 2 rings (SSSR count). The third-order valence-electron chi connectivity index (χ3n) is 3.01. The zero-order valence-electron chi connectivity index (χ0n) is 11.5. The van der Waals surface area contributed by atoms with E-state index in [1.807, 2.05) is 30.3 Å². The van der Waals surface area contributed by atoms with Crippen molar-refractivity contribution in [1.82, 2.24) is 5.32 Å². The maximum atomic E-state index is 5.87. The summed E-state index contributed by atoms with van der Waals surface area (Å²) in [6.07, 6.45) is 0. The molecule has 0 aliphatic rings. The Balaban J connectivity index is 2.15. The first-order chi connectivity index (χ1) is 9.60. The van der Waals surface area contributed by atoms with Crippen molar-refractivity contribution in [3.63, 3.8) is 0 Å². The molecule has 0 heterocycles. The van der Waals surface area contributed by atoms with E-state index >= 15 is 0 Å². The Morgan fingerprint density at radius 3 is 2.40 bits per heavy atom. The van der Waals surface area contributed by atoms with Crippen molar-refractivity contribution in [2.24, 2.45) is 0 Å². The van der Waals surface area contributed by atoms with Crippen LogP contribution < -0.4 is 10.1 Å². The summed E-state index contributed by atoms with van der Waals surface area (Å²) < 4.78 is 7.87. The lowest BCUT2D eigenvalue weighted by Gasteiger charge is -2.15. The van der Waals surface area contributed by atoms with Gasteiger partial charge in [0.05, 0.1) is 4.47 Å². The number of hydrogen-bond acceptors (Lipinski definition) is 2. The molecule has 2 aromatic rings. The molecular formula is C16H17Br2NO. The molecular weight excluding hydrogens is 382 g/mol. The normalized spacial score (nSPS) is 12.2. The minimum atomic E-state index is 0.332. The summed E-state index contributed by atoms with van der Waals surface area (Å²) in [5.41, 5.74) is 1.24. The molecule has 2 nitrogen and oxygen atoms in total. The van der Waals surface area contributed by atoms with Crippen LogP contribution in [0.25, 0.3) is 0 Å². The van der Waals surface area contributed by atoms with Crippen LogP contribution in [0.2, 0.25) is 0 Å². The summed E-state index contributed by atoms with van der Waals surface area (Å²) in [5.74, 6) is 1.64. The molecule has 4 heteroatoms. The SMILES string of the molecule is CCNC(C)c1ccc(Oc2ccc(Br)cc2)c(Br)c1. The minimum absolute atomic E-state index is 0.332. The molecule has 0 fully saturated rings. The molecule has 1 unspecified atom stereocenters. The zero-order valence-corrected chi connectivity index (χ0v) is 14.7. The van der Waals surface area contributed by atoms with Crippen LogP contribution in [0.15, 0.2) is 51.4 Å². The highest BCUT2D eigenvalue weighted by Gasteiger charge is 2.08. The van der Waals surface area contributed by atoms with Crippen LogP contribution in [0.5, 0.6) is 11.5 Å². The minimum Gasteiger partial charge on any atom is -0.456 e. The molecule has 106 valence electrons. The highest BCUT2D eigenvalue weighted by Crippen LogP contribution is 2.32. The van der Waals surface area contributed by atoms with Gasteiger partial charge in [0.2, 0.25) is 0 Å². The van der Waals surface area contributed by atoms with Crippen LogP contribution in [0, 0.1) is 0 Å². The third kappa shape index (κ3) is 4.08. The molecule has 0 amide bonds. The van der Waals surface area contributed by atoms with Crippen LogP contribution >= 0.6 is 31.9 Å². The Kier molecular flexibility index (Phi) is 5.64. The van der Waals surface area contributed by atoms with Gasteiger partial charge in [0.15, 0.2) is 0 Å². The first-order valence-corrected chi connectivity index (χ1v) is 8.15. The molecule has 1 N–H and O–H groups in total. The van der Waals surface area contributed by atoms with E-state index in [4.69, 9.17) is 4.74 Å². The van der Waals surface area contributed by atoms with Gasteiger partial charge in [-0.3, -0.25) is 0 Å². The molecule has 20 heavy (non-hydrogen) atoms. The van der Waals surface area contributed by atoms with Crippen molar-refractivity contribution in [3.05, 3.63) is 57.0 Å². The second-order valence-corrected chi connectivity index (χ2v) is 6.30. The Bertz CT molecular complexity index is 569. The maximum Gasteiger partial charge on any atom is 0.141 e. The van der Waals surface area contributed by atoms with Crippen molar-refractivity contribution < 1.29 is 4.74 Å². The first-order valence-electron chi connectivity index (χ1n) is 6.56. The second-order valence-electron chi connectivity index (χ2n) is 4.53. The van der Waals surface area contributed by atoms with Gasteiger partial charge in [-0.05, 0) is 71.4 Å². The number of benzene rings is 2. The van der Waals surface area contributed by atoms with Gasteiger partial charge in [-0.15, -0.1) is 0 Å². The van der Waals surface area contributed by atoms with Gasteiger partial charge in [-0.25, -0.2) is 0 Å². The monoisotopic (exact) mass is 397 g/mol. The summed E-state index contributed by atoms with van der Waals surface area (Å²) in [5, 5.41) is 3.40. The number of ether oxygens (including phenoxy) is 1. The molecule has 0 aliphatic carbocycles. The predicted octanol–water partition coefficient (Wildman–Crippen LogP) is 5.67. The quantitative estimate of drug-likeness (QED) is 0.699. The van der Waals surface area contributed by atoms with Crippen LogP contribution in [0.1, 0.15) is 25.5 Å². The van der Waals surface area contributed by atoms with E-state index in [0.29, 0.717) is 6.04 Å². The van der Waals surface area contributed by atoms with Crippen LogP contribution in [-0.2, 0) is 0 Å². The van der Waals surface area contributed by atoms with E-state index in [1.54, 1.807) is 0 Å². The van der Waals surface area contributed by atoms with Gasteiger partial charge >= 0.3 is 0 Å². The van der Waals surface area contributed by atoms with Gasteiger partial charge in [0.1, 0.15) is 11.5 Å². The average molecular weight is 399 g/mol. The standard InChI is InChI=1S/C16H17Br2NO/c1-3-19-11(2)12-4-9-16(15(18)10-12)20-14-7-5-13(17)6-8-14/h4-11,19H,3H2,1-2H3. The van der Waals surface area contributed by atoms with Crippen molar-refractivity contribution in [2.75, 3.05) is 6.54 Å². The number of halogens is 2. The van der Waals surface area contributed by atoms with Crippen LogP contribution in [-0.4, -0.2) is 6.54 Å². The van der Waals surface area contributed by atoms with Gasteiger partial charge in [0, 0.05) is 10.5 Å². The lowest BCUT2D eigenvalue weighted by molar-refractivity contribution is 0.478. The summed E-state index contributed by atoms with van der Waals surface area (Å²) >= 11 is 6.99. The highest BCUT2D eigenvalue weighted by atomic mass is 79.9. The van der Waals surface area contributed by atoms with Crippen molar-refractivity contribution in [3.8, 4) is 11.5 Å². The van der Waals surface area contributed by atoms with Gasteiger partial charge in [-0.1, -0.05) is 28.9 Å². The van der Waals surface area contributed by atoms with E-state index in [9.17, 15) is 0 Å². The van der Waals surface area contributed by atoms with E-state index in [0.717, 1.165) is 27.0 Å². The molecule has 0 saturated heterocycles. The fraction of sp³-hybridized carbons (Fsp3) is 0.250. The summed E-state index contributed by atoms with van der Waals surface area (Å²) in [6, 6.07) is 14.3. The van der Waals surface area contributed by atoms with E-state index in [2.05, 4.69) is 63.2 Å². The van der Waals surface area contributed by atoms with Crippen molar-refractivity contribution in [2.45, 2.75) is 19.9 Å². The molecule has 0 radical (unpaired) electrons. The van der Waals surface area contributed by atoms with Crippen molar-refractivity contribution >= 4 is 31.9 Å². The topological polar surface area (TPSA) is 21.3 Å². The predicted molar refractivity (Wildman–Crippen MR) is 90.4 cm³/mol. The molecule has 0 aromatic heterocycles. The Morgan fingerprint density at radius 2 is 1.80 bits per heavy atom. The van der Waals surface area contributed by atoms with Crippen LogP contribution in [0.3, 0.4) is 0 Å². The lowest BCUT2D eigenvalue weighted by atomic mass is 10.1. The number of nitrogens with one attached hydrogen (secondary N) is 1. The highest BCUT2D eigenvalue weighted by molar-refractivity contribution is 9.10. The first kappa shape index (κ1) is 15.5. The Labute approximate surface area is 136 Å². The smallest absolute Gasteiger partial charge is 0.141 e. The molecule has 0 bridgehead atoms. The number of rotatable bonds is 5. The Morgan fingerprint density at radius 1 is 1.10 bits per heavy atom. The van der Waals surface area contributed by atoms with Crippen molar-refractivity contribution in [1.29, 1.82) is 0 Å². The van der Waals surface area contributed by atoms with Gasteiger partial charge in [-0.2, -0.15) is 0 Å². The van der Waals surface area contributed by atoms with E-state index < -0.39 is 0 Å². The molecule has 2 aromatic carbocycles. The Hall–Kier alpha value is -0.840. The summed E-state index contributed by atoms with van der Waals surface area (Å²) in [6.45, 7) is 5.22. The molecule has 0 saturated carbocycles. The summed E-state index contributed by atoms with van der Waals surface area (Å²) in [7, 11) is 0. The summed E-state index contributed by atoms with van der Waals surface area (Å²) in [4.78, 5) is 0. The van der Waals surface area contributed by atoms with E-state index in [-0.39, 0.29) is 0 Å². The van der Waals surface area contributed by atoms with E-state index in [1.165, 1.54) is 5.56 Å². The third-order valence-corrected chi connectivity index (χ3v) is 4.16. The number of hydrogen-bond donors (Lipinski definition) is 1. The molecule has 1 atom stereocenters. The average Bonchev–Trinajstić information content (AvgIpc) is 2.43. The molecule has 0 aliphatic heterocycles. The zero-order chi connectivity index (χ0) is 14.5. The lowest BCUT2D eigenvalue weighted by Crippen LogP contribution is -2.17. The van der Waals surface area contributed by atoms with Gasteiger partial charge in [0.25, 0.3) is 0 Å². The molecule has 0 spiro atoms. The second kappa shape index (κ2) is 7.25. The fourth-order valence-electron chi connectivity index (χ4n) is 1.92. The maximum absolute atomic E-state index is 5.87. The fourth-order valence-corrected chi connectivity index (χ4v) is 2.66. The van der Waals surface area contributed by atoms with Crippen LogP contribution in [0.4, 0.5) is 0 Å².